The maximum atomic E-state index is 6.50. The standard InChI is InChI=1S/C5H2BrN3/c1-7-5-8-2-4(6)3-9-5/h2-3H. The Morgan fingerprint density at radius 1 is 1.44 bits per heavy atom. The summed E-state index contributed by atoms with van der Waals surface area (Å²) in [5, 5.41) is 0. The largest absolute Gasteiger partial charge is 0.394 e. The molecule has 0 radical (unpaired) electrons. The van der Waals surface area contributed by atoms with Crippen molar-refractivity contribution in [1.29, 1.82) is 0 Å². The quantitative estimate of drug-likeness (QED) is 0.575. The van der Waals surface area contributed by atoms with Crippen molar-refractivity contribution in [3.63, 3.8) is 0 Å². The molecule has 0 N–H and O–H groups in total. The van der Waals surface area contributed by atoms with Gasteiger partial charge in [-0.15, -0.1) is 6.57 Å². The van der Waals surface area contributed by atoms with E-state index in [0.717, 1.165) is 4.47 Å². The van der Waals surface area contributed by atoms with Crippen LogP contribution in [0, 0.1) is 6.57 Å². The van der Waals surface area contributed by atoms with Gasteiger partial charge in [-0.25, -0.2) is 0 Å². The summed E-state index contributed by atoms with van der Waals surface area (Å²) >= 11 is 3.15. The molecule has 0 spiro atoms. The first-order valence-electron chi connectivity index (χ1n) is 2.18. The van der Waals surface area contributed by atoms with Crippen LogP contribution in [0.25, 0.3) is 4.85 Å². The molecule has 3 nitrogen and oxygen atoms in total. The minimum absolute atomic E-state index is 0.179. The molecule has 9 heavy (non-hydrogen) atoms. The summed E-state index contributed by atoms with van der Waals surface area (Å²) < 4.78 is 0.787. The molecule has 1 aromatic heterocycles. The fourth-order valence-electron chi connectivity index (χ4n) is 0.363. The SMILES string of the molecule is [C-]#[N+]c1ncc(Br)cn1. The van der Waals surface area contributed by atoms with Crippen LogP contribution >= 0.6 is 15.9 Å². The predicted molar refractivity (Wildman–Crippen MR) is 36.0 cm³/mol. The highest BCUT2D eigenvalue weighted by Gasteiger charge is 1.92. The zero-order valence-corrected chi connectivity index (χ0v) is 5.96. The summed E-state index contributed by atoms with van der Waals surface area (Å²) in [5.41, 5.74) is 0. The molecule has 0 bridgehead atoms. The minimum Gasteiger partial charge on any atom is -0.394 e. The molecular formula is C5H2BrN3. The Bertz CT molecular complexity index is 235. The van der Waals surface area contributed by atoms with Crippen LogP contribution in [-0.4, -0.2) is 9.97 Å². The number of nitrogens with zero attached hydrogens (tertiary/aromatic N) is 3. The average molecular weight is 184 g/mol. The third-order valence-corrected chi connectivity index (χ3v) is 1.12. The van der Waals surface area contributed by atoms with Gasteiger partial charge in [0.1, 0.15) is 12.4 Å². The lowest BCUT2D eigenvalue weighted by atomic mass is 10.7. The zero-order valence-electron chi connectivity index (χ0n) is 4.37. The van der Waals surface area contributed by atoms with E-state index in [4.69, 9.17) is 6.57 Å². The Kier molecular flexibility index (Phi) is 1.75. The first kappa shape index (κ1) is 6.17. The highest BCUT2D eigenvalue weighted by Crippen LogP contribution is 2.07. The Labute approximate surface area is 60.7 Å². The second-order valence-electron chi connectivity index (χ2n) is 1.31. The lowest BCUT2D eigenvalue weighted by molar-refractivity contribution is 1.19. The fourth-order valence-corrected chi connectivity index (χ4v) is 0.568. The second-order valence-corrected chi connectivity index (χ2v) is 2.23. The van der Waals surface area contributed by atoms with Gasteiger partial charge in [-0.2, -0.15) is 9.97 Å². The average Bonchev–Trinajstić information content (AvgIpc) is 1.90. The number of aromatic nitrogens is 2. The molecule has 1 rings (SSSR count). The molecule has 0 aliphatic rings. The summed E-state index contributed by atoms with van der Waals surface area (Å²) in [6, 6.07) is 0. The Hall–Kier alpha value is -0.950. The van der Waals surface area contributed by atoms with Crippen LogP contribution in [-0.2, 0) is 0 Å². The van der Waals surface area contributed by atoms with E-state index in [1.807, 2.05) is 0 Å². The molecule has 0 saturated heterocycles. The van der Waals surface area contributed by atoms with E-state index < -0.39 is 0 Å². The van der Waals surface area contributed by atoms with E-state index >= 15 is 0 Å². The van der Waals surface area contributed by atoms with Gasteiger partial charge in [0.2, 0.25) is 0 Å². The number of hydrogen-bond donors (Lipinski definition) is 0. The summed E-state index contributed by atoms with van der Waals surface area (Å²) in [6.07, 6.45) is 3.08. The molecule has 0 saturated carbocycles. The Morgan fingerprint density at radius 2 is 2.00 bits per heavy atom. The smallest absolute Gasteiger partial charge is 0.371 e. The second kappa shape index (κ2) is 2.55. The van der Waals surface area contributed by atoms with Crippen molar-refractivity contribution >= 4 is 21.9 Å². The number of hydrogen-bond acceptors (Lipinski definition) is 2. The van der Waals surface area contributed by atoms with Crippen LogP contribution in [0.1, 0.15) is 0 Å². The van der Waals surface area contributed by atoms with Crippen LogP contribution in [0.3, 0.4) is 0 Å². The van der Waals surface area contributed by atoms with Crippen LogP contribution < -0.4 is 0 Å². The third kappa shape index (κ3) is 1.47. The molecule has 0 unspecified atom stereocenters. The van der Waals surface area contributed by atoms with E-state index in [2.05, 4.69) is 30.7 Å². The lowest BCUT2D eigenvalue weighted by Crippen LogP contribution is -1.75. The van der Waals surface area contributed by atoms with Crippen molar-refractivity contribution in [3.05, 3.63) is 28.3 Å². The molecule has 0 aromatic carbocycles. The molecule has 0 amide bonds. The van der Waals surface area contributed by atoms with Crippen molar-refractivity contribution in [2.45, 2.75) is 0 Å². The van der Waals surface area contributed by atoms with Crippen molar-refractivity contribution in [2.24, 2.45) is 0 Å². The predicted octanol–water partition coefficient (Wildman–Crippen LogP) is 1.79. The van der Waals surface area contributed by atoms with E-state index in [-0.39, 0.29) is 5.95 Å². The molecule has 0 atom stereocenters. The normalized spacial score (nSPS) is 8.44. The first-order valence-corrected chi connectivity index (χ1v) is 2.97. The maximum Gasteiger partial charge on any atom is 0.371 e. The molecule has 1 heterocycles. The zero-order chi connectivity index (χ0) is 6.69. The van der Waals surface area contributed by atoms with E-state index in [9.17, 15) is 0 Å². The van der Waals surface area contributed by atoms with Gasteiger partial charge in [0.15, 0.2) is 0 Å². The number of halogens is 1. The van der Waals surface area contributed by atoms with Gasteiger partial charge in [0.25, 0.3) is 0 Å². The Morgan fingerprint density at radius 3 is 2.44 bits per heavy atom. The highest BCUT2D eigenvalue weighted by atomic mass is 79.9. The van der Waals surface area contributed by atoms with Crippen LogP contribution in [0.2, 0.25) is 0 Å². The maximum absolute atomic E-state index is 6.50. The minimum atomic E-state index is 0.179. The molecule has 4 heteroatoms. The van der Waals surface area contributed by atoms with E-state index in [1.165, 1.54) is 0 Å². The van der Waals surface area contributed by atoms with Crippen molar-refractivity contribution in [2.75, 3.05) is 0 Å². The van der Waals surface area contributed by atoms with Gasteiger partial charge >= 0.3 is 5.95 Å². The molecule has 0 aliphatic carbocycles. The first-order chi connectivity index (χ1) is 4.33. The summed E-state index contributed by atoms with van der Waals surface area (Å²) in [5.74, 6) is 0.179. The number of rotatable bonds is 0. The Balaban J connectivity index is 3.06. The molecule has 0 aliphatic heterocycles. The van der Waals surface area contributed by atoms with Crippen LogP contribution in [0.15, 0.2) is 16.9 Å². The topological polar surface area (TPSA) is 30.1 Å². The van der Waals surface area contributed by atoms with Gasteiger partial charge < -0.3 is 4.85 Å². The van der Waals surface area contributed by atoms with Crippen LogP contribution in [0.5, 0.6) is 0 Å². The van der Waals surface area contributed by atoms with Crippen molar-refractivity contribution in [3.8, 4) is 0 Å². The van der Waals surface area contributed by atoms with Crippen molar-refractivity contribution < 1.29 is 0 Å². The molecule has 44 valence electrons. The monoisotopic (exact) mass is 183 g/mol. The summed E-state index contributed by atoms with van der Waals surface area (Å²) in [4.78, 5) is 10.4. The van der Waals surface area contributed by atoms with Gasteiger partial charge in [0.05, 0.1) is 4.47 Å². The molecular weight excluding hydrogens is 182 g/mol. The fraction of sp³-hybridized carbons (Fsp3) is 0. The van der Waals surface area contributed by atoms with Crippen molar-refractivity contribution in [1.82, 2.24) is 9.97 Å². The molecule has 1 aromatic rings. The summed E-state index contributed by atoms with van der Waals surface area (Å²) in [7, 11) is 0. The van der Waals surface area contributed by atoms with Gasteiger partial charge in [-0.3, -0.25) is 0 Å². The van der Waals surface area contributed by atoms with Gasteiger partial charge in [0, 0.05) is 0 Å². The highest BCUT2D eigenvalue weighted by molar-refractivity contribution is 9.10. The van der Waals surface area contributed by atoms with E-state index in [1.54, 1.807) is 12.4 Å². The van der Waals surface area contributed by atoms with Crippen LogP contribution in [0.4, 0.5) is 5.95 Å². The van der Waals surface area contributed by atoms with E-state index in [0.29, 0.717) is 0 Å². The lowest BCUT2D eigenvalue weighted by Gasteiger charge is -1.82. The van der Waals surface area contributed by atoms with Gasteiger partial charge in [-0.1, -0.05) is 0 Å². The summed E-state index contributed by atoms with van der Waals surface area (Å²) in [6.45, 7) is 6.50. The molecule has 0 fully saturated rings. The third-order valence-electron chi connectivity index (χ3n) is 0.707. The van der Waals surface area contributed by atoms with Gasteiger partial charge in [-0.05, 0) is 15.9 Å².